The normalized spacial score (nSPS) is 11.1. The zero-order valence-electron chi connectivity index (χ0n) is 14.3. The molecule has 0 bridgehead atoms. The molecule has 0 atom stereocenters. The molecule has 1 heterocycles. The van der Waals surface area contributed by atoms with Crippen molar-refractivity contribution in [2.75, 3.05) is 0 Å². The van der Waals surface area contributed by atoms with Gasteiger partial charge in [0, 0.05) is 13.0 Å². The third-order valence-electron chi connectivity index (χ3n) is 3.58. The van der Waals surface area contributed by atoms with Crippen molar-refractivity contribution in [3.63, 3.8) is 0 Å². The number of carbonyl (C=O) groups excluding carboxylic acids is 1. The number of carbonyl (C=O) groups is 1. The van der Waals surface area contributed by atoms with Crippen LogP contribution in [0.3, 0.4) is 0 Å². The largest absolute Gasteiger partial charge is 0.494 e. The first-order valence-electron chi connectivity index (χ1n) is 8.39. The highest BCUT2D eigenvalue weighted by molar-refractivity contribution is 7.71. The lowest BCUT2D eigenvalue weighted by Gasteiger charge is -2.10. The van der Waals surface area contributed by atoms with Gasteiger partial charge in [0.1, 0.15) is 5.56 Å². The molecule has 0 saturated carbocycles. The highest BCUT2D eigenvalue weighted by Crippen LogP contribution is 2.12. The smallest absolute Gasteiger partial charge is 0.264 e. The van der Waals surface area contributed by atoms with Crippen LogP contribution in [0.2, 0.25) is 0 Å². The molecular formula is C16H26N4O3S. The number of unbranched alkanes of at least 4 members (excludes halogenated alkanes) is 4. The van der Waals surface area contributed by atoms with E-state index in [1.165, 1.54) is 4.57 Å². The first-order chi connectivity index (χ1) is 11.5. The number of aromatic amines is 1. The van der Waals surface area contributed by atoms with Crippen molar-refractivity contribution in [2.24, 2.45) is 5.10 Å². The third kappa shape index (κ3) is 6.27. The first-order valence-corrected chi connectivity index (χ1v) is 8.80. The minimum absolute atomic E-state index is 0.0222. The second kappa shape index (κ2) is 10.7. The van der Waals surface area contributed by atoms with Gasteiger partial charge in [-0.1, -0.05) is 39.5 Å². The first kappa shape index (κ1) is 20.1. The molecule has 0 aromatic carbocycles. The Morgan fingerprint density at radius 2 is 2.00 bits per heavy atom. The Labute approximate surface area is 146 Å². The maximum atomic E-state index is 11.9. The van der Waals surface area contributed by atoms with E-state index in [0.29, 0.717) is 13.0 Å². The van der Waals surface area contributed by atoms with Crippen LogP contribution in [0.1, 0.15) is 64.4 Å². The second-order valence-electron chi connectivity index (χ2n) is 5.61. The lowest BCUT2D eigenvalue weighted by atomic mass is 10.1. The summed E-state index contributed by atoms with van der Waals surface area (Å²) in [6.07, 6.45) is 7.31. The minimum atomic E-state index is -0.536. The van der Waals surface area contributed by atoms with Gasteiger partial charge < -0.3 is 5.11 Å². The number of hydrazone groups is 1. The van der Waals surface area contributed by atoms with Crippen LogP contribution in [-0.2, 0) is 11.3 Å². The lowest BCUT2D eigenvalue weighted by molar-refractivity contribution is -0.121. The Kier molecular flexibility index (Phi) is 8.99. The van der Waals surface area contributed by atoms with Crippen LogP contribution in [0.5, 0.6) is 5.88 Å². The van der Waals surface area contributed by atoms with Gasteiger partial charge in [-0.05, 0) is 25.1 Å². The van der Waals surface area contributed by atoms with Crippen molar-refractivity contribution in [1.29, 1.82) is 0 Å². The molecule has 0 unspecified atom stereocenters. The zero-order chi connectivity index (χ0) is 17.9. The monoisotopic (exact) mass is 354 g/mol. The topological polar surface area (TPSA) is 99.5 Å². The lowest BCUT2D eigenvalue weighted by Crippen LogP contribution is -2.21. The number of aromatic hydroxyl groups is 1. The molecule has 0 radical (unpaired) electrons. The summed E-state index contributed by atoms with van der Waals surface area (Å²) in [6, 6.07) is 0. The molecule has 7 nitrogen and oxygen atoms in total. The summed E-state index contributed by atoms with van der Waals surface area (Å²) in [5.74, 6) is -0.449. The molecular weight excluding hydrogens is 328 g/mol. The molecule has 134 valence electrons. The highest BCUT2D eigenvalue weighted by atomic mass is 32.1. The van der Waals surface area contributed by atoms with E-state index in [0.717, 1.165) is 44.7 Å². The van der Waals surface area contributed by atoms with E-state index in [9.17, 15) is 14.7 Å². The summed E-state index contributed by atoms with van der Waals surface area (Å²) in [6.45, 7) is 4.63. The summed E-state index contributed by atoms with van der Waals surface area (Å²) < 4.78 is 1.62. The van der Waals surface area contributed by atoms with Gasteiger partial charge in [-0.15, -0.1) is 0 Å². The number of nitrogens with one attached hydrogen (secondary N) is 2. The standard InChI is InChI=1S/C16H26N4O3S/c1-3-5-7-8-9-13(21)19-17-11-12-14(22)18-16(24)20(15(12)23)10-6-4-2/h11,23H,3-10H2,1-2H3,(H,19,21)(H,18,22,24)/b17-11+. The number of rotatable bonds is 10. The fourth-order valence-corrected chi connectivity index (χ4v) is 2.42. The van der Waals surface area contributed by atoms with Crippen molar-refractivity contribution in [2.45, 2.75) is 65.3 Å². The van der Waals surface area contributed by atoms with Crippen LogP contribution >= 0.6 is 12.2 Å². The SMILES string of the molecule is CCCCCCC(=O)N/N=C/c1c(O)n(CCCC)c(=S)[nH]c1=O. The maximum Gasteiger partial charge on any atom is 0.264 e. The number of nitrogens with zero attached hydrogens (tertiary/aromatic N) is 2. The van der Waals surface area contributed by atoms with E-state index >= 15 is 0 Å². The number of hydrogen-bond donors (Lipinski definition) is 3. The van der Waals surface area contributed by atoms with E-state index in [4.69, 9.17) is 12.2 Å². The van der Waals surface area contributed by atoms with Gasteiger partial charge in [0.15, 0.2) is 4.77 Å². The average molecular weight is 354 g/mol. The fourth-order valence-electron chi connectivity index (χ4n) is 2.15. The number of amides is 1. The highest BCUT2D eigenvalue weighted by Gasteiger charge is 2.10. The van der Waals surface area contributed by atoms with E-state index in [-0.39, 0.29) is 22.1 Å². The Hall–Kier alpha value is -1.96. The van der Waals surface area contributed by atoms with Crippen molar-refractivity contribution in [1.82, 2.24) is 15.0 Å². The molecule has 1 aromatic heterocycles. The van der Waals surface area contributed by atoms with E-state index in [1.807, 2.05) is 6.92 Å². The number of aromatic nitrogens is 2. The maximum absolute atomic E-state index is 11.9. The molecule has 1 aromatic rings. The van der Waals surface area contributed by atoms with Crippen molar-refractivity contribution >= 4 is 24.3 Å². The van der Waals surface area contributed by atoms with Crippen LogP contribution < -0.4 is 11.0 Å². The van der Waals surface area contributed by atoms with E-state index in [2.05, 4.69) is 22.4 Å². The summed E-state index contributed by atoms with van der Waals surface area (Å²) >= 11 is 5.06. The Morgan fingerprint density at radius 3 is 2.67 bits per heavy atom. The molecule has 0 aliphatic heterocycles. The average Bonchev–Trinajstić information content (AvgIpc) is 2.54. The predicted octanol–water partition coefficient (Wildman–Crippen LogP) is 2.83. The van der Waals surface area contributed by atoms with Crippen LogP contribution in [-0.4, -0.2) is 26.8 Å². The summed E-state index contributed by atoms with van der Waals surface area (Å²) in [5.41, 5.74) is 1.81. The number of hydrogen-bond acceptors (Lipinski definition) is 5. The minimum Gasteiger partial charge on any atom is -0.494 e. The van der Waals surface area contributed by atoms with Crippen molar-refractivity contribution in [3.8, 4) is 5.88 Å². The zero-order valence-corrected chi connectivity index (χ0v) is 15.1. The third-order valence-corrected chi connectivity index (χ3v) is 3.90. The van der Waals surface area contributed by atoms with E-state index < -0.39 is 5.56 Å². The molecule has 1 amide bonds. The fraction of sp³-hybridized carbons (Fsp3) is 0.625. The molecule has 8 heteroatoms. The predicted molar refractivity (Wildman–Crippen MR) is 97.0 cm³/mol. The van der Waals surface area contributed by atoms with Gasteiger partial charge in [0.25, 0.3) is 5.56 Å². The molecule has 0 aliphatic rings. The summed E-state index contributed by atoms with van der Waals surface area (Å²) in [7, 11) is 0. The summed E-state index contributed by atoms with van der Waals surface area (Å²) in [4.78, 5) is 26.0. The molecule has 24 heavy (non-hydrogen) atoms. The van der Waals surface area contributed by atoms with Gasteiger partial charge in [0.05, 0.1) is 6.21 Å². The van der Waals surface area contributed by atoms with Gasteiger partial charge >= 0.3 is 0 Å². The van der Waals surface area contributed by atoms with E-state index in [1.54, 1.807) is 0 Å². The molecule has 1 rings (SSSR count). The molecule has 0 aliphatic carbocycles. The van der Waals surface area contributed by atoms with Crippen LogP contribution in [0.4, 0.5) is 0 Å². The quantitative estimate of drug-likeness (QED) is 0.260. The molecule has 0 spiro atoms. The van der Waals surface area contributed by atoms with Gasteiger partial charge in [-0.25, -0.2) is 5.43 Å². The molecule has 0 fully saturated rings. The molecule has 3 N–H and O–H groups in total. The van der Waals surface area contributed by atoms with Gasteiger partial charge in [0.2, 0.25) is 11.8 Å². The Morgan fingerprint density at radius 1 is 1.29 bits per heavy atom. The van der Waals surface area contributed by atoms with Crippen LogP contribution in [0.15, 0.2) is 9.90 Å². The van der Waals surface area contributed by atoms with Gasteiger partial charge in [-0.2, -0.15) is 5.10 Å². The Bertz CT molecular complexity index is 679. The van der Waals surface area contributed by atoms with Crippen LogP contribution in [0.25, 0.3) is 0 Å². The number of H-pyrrole nitrogens is 1. The van der Waals surface area contributed by atoms with Gasteiger partial charge in [-0.3, -0.25) is 19.1 Å². The second-order valence-corrected chi connectivity index (χ2v) is 5.99. The summed E-state index contributed by atoms with van der Waals surface area (Å²) in [5, 5.41) is 14.0. The van der Waals surface area contributed by atoms with Crippen molar-refractivity contribution in [3.05, 3.63) is 20.7 Å². The van der Waals surface area contributed by atoms with Crippen molar-refractivity contribution < 1.29 is 9.90 Å². The molecule has 0 saturated heterocycles. The Balaban J connectivity index is 2.74. The van der Waals surface area contributed by atoms with Crippen LogP contribution in [0, 0.1) is 4.77 Å².